The van der Waals surface area contributed by atoms with Gasteiger partial charge in [-0.1, -0.05) is 26.0 Å². The summed E-state index contributed by atoms with van der Waals surface area (Å²) in [5.41, 5.74) is 2.09. The Morgan fingerprint density at radius 1 is 1.00 bits per heavy atom. The minimum atomic E-state index is -0.200. The van der Waals surface area contributed by atoms with E-state index in [-0.39, 0.29) is 17.9 Å². The van der Waals surface area contributed by atoms with E-state index in [4.69, 9.17) is 0 Å². The molecule has 0 radical (unpaired) electrons. The summed E-state index contributed by atoms with van der Waals surface area (Å²) in [6.45, 7) is 10.7. The maximum Gasteiger partial charge on any atom is 0.241 e. The highest BCUT2D eigenvalue weighted by atomic mass is 16.2. The molecule has 1 aliphatic heterocycles. The van der Waals surface area contributed by atoms with Crippen molar-refractivity contribution in [2.45, 2.75) is 39.7 Å². The molecule has 1 fully saturated rings. The van der Waals surface area contributed by atoms with E-state index in [1.807, 2.05) is 24.0 Å². The molecule has 0 aromatic heterocycles. The predicted molar refractivity (Wildman–Crippen MR) is 92.4 cm³/mol. The Morgan fingerprint density at radius 2 is 1.57 bits per heavy atom. The van der Waals surface area contributed by atoms with Crippen molar-refractivity contribution in [1.29, 1.82) is 0 Å². The molecule has 1 aromatic rings. The Bertz CT molecular complexity index is 546. The smallest absolute Gasteiger partial charge is 0.241 e. The zero-order valence-corrected chi connectivity index (χ0v) is 14.5. The first kappa shape index (κ1) is 17.5. The second-order valence-corrected chi connectivity index (χ2v) is 6.48. The molecule has 0 saturated carbocycles. The topological polar surface area (TPSA) is 52.7 Å². The summed E-state index contributed by atoms with van der Waals surface area (Å²) in [6, 6.07) is 7.81. The van der Waals surface area contributed by atoms with Crippen LogP contribution < -0.4 is 5.32 Å². The maximum absolute atomic E-state index is 12.4. The van der Waals surface area contributed by atoms with Gasteiger partial charge in [0, 0.05) is 38.8 Å². The molecular formula is C18H27N3O2. The first-order valence-electron chi connectivity index (χ1n) is 8.29. The van der Waals surface area contributed by atoms with Crippen LogP contribution in [0.3, 0.4) is 0 Å². The summed E-state index contributed by atoms with van der Waals surface area (Å²) < 4.78 is 0. The van der Waals surface area contributed by atoms with E-state index in [1.165, 1.54) is 5.56 Å². The van der Waals surface area contributed by atoms with Crippen molar-refractivity contribution in [3.05, 3.63) is 29.8 Å². The Labute approximate surface area is 138 Å². The Balaban J connectivity index is 1.89. The van der Waals surface area contributed by atoms with Gasteiger partial charge in [0.05, 0.1) is 6.04 Å². The fourth-order valence-electron chi connectivity index (χ4n) is 2.79. The molecule has 1 saturated heterocycles. The molecule has 0 unspecified atom stereocenters. The SMILES string of the molecule is CC(=O)N1CCN([C@H](C)C(=O)Nc2ccc(C(C)C)cc2)CC1. The first-order valence-corrected chi connectivity index (χ1v) is 8.29. The number of anilines is 1. The number of carbonyl (C=O) groups is 2. The largest absolute Gasteiger partial charge is 0.340 e. The van der Waals surface area contributed by atoms with E-state index in [9.17, 15) is 9.59 Å². The lowest BCUT2D eigenvalue weighted by Gasteiger charge is -2.37. The highest BCUT2D eigenvalue weighted by Gasteiger charge is 2.26. The third kappa shape index (κ3) is 4.55. The molecule has 5 heteroatoms. The van der Waals surface area contributed by atoms with Gasteiger partial charge in [-0.25, -0.2) is 0 Å². The van der Waals surface area contributed by atoms with Gasteiger partial charge in [-0.3, -0.25) is 14.5 Å². The molecule has 0 bridgehead atoms. The lowest BCUT2D eigenvalue weighted by atomic mass is 10.0. The van der Waals surface area contributed by atoms with Crippen LogP contribution >= 0.6 is 0 Å². The quantitative estimate of drug-likeness (QED) is 0.927. The predicted octanol–water partition coefficient (Wildman–Crippen LogP) is 2.30. The van der Waals surface area contributed by atoms with Crippen LogP contribution in [0.15, 0.2) is 24.3 Å². The Kier molecular flexibility index (Phi) is 5.77. The molecule has 126 valence electrons. The van der Waals surface area contributed by atoms with Crippen LogP contribution in [-0.2, 0) is 9.59 Å². The Morgan fingerprint density at radius 3 is 2.04 bits per heavy atom. The number of carbonyl (C=O) groups excluding carboxylic acids is 2. The Hall–Kier alpha value is -1.88. The molecule has 1 aliphatic rings. The summed E-state index contributed by atoms with van der Waals surface area (Å²) in [6.07, 6.45) is 0. The second-order valence-electron chi connectivity index (χ2n) is 6.48. The number of rotatable bonds is 4. The van der Waals surface area contributed by atoms with Gasteiger partial charge in [0.2, 0.25) is 11.8 Å². The van der Waals surface area contributed by atoms with E-state index < -0.39 is 0 Å². The highest BCUT2D eigenvalue weighted by Crippen LogP contribution is 2.17. The zero-order valence-electron chi connectivity index (χ0n) is 14.5. The van der Waals surface area contributed by atoms with Gasteiger partial charge in [-0.15, -0.1) is 0 Å². The average Bonchev–Trinajstić information content (AvgIpc) is 2.54. The summed E-state index contributed by atoms with van der Waals surface area (Å²) >= 11 is 0. The summed E-state index contributed by atoms with van der Waals surface area (Å²) in [4.78, 5) is 27.7. The maximum atomic E-state index is 12.4. The van der Waals surface area contributed by atoms with Crippen LogP contribution in [0.1, 0.15) is 39.2 Å². The number of piperazine rings is 1. The number of nitrogens with zero attached hydrogens (tertiary/aromatic N) is 2. The molecule has 1 atom stereocenters. The third-order valence-electron chi connectivity index (χ3n) is 4.53. The van der Waals surface area contributed by atoms with Crippen LogP contribution in [-0.4, -0.2) is 53.8 Å². The number of nitrogens with one attached hydrogen (secondary N) is 1. The molecule has 0 aliphatic carbocycles. The number of hydrogen-bond acceptors (Lipinski definition) is 3. The van der Waals surface area contributed by atoms with E-state index in [0.717, 1.165) is 18.8 Å². The number of amides is 2. The minimum absolute atomic E-state index is 0.00132. The van der Waals surface area contributed by atoms with Gasteiger partial charge in [-0.05, 0) is 30.5 Å². The van der Waals surface area contributed by atoms with Crippen molar-refractivity contribution >= 4 is 17.5 Å². The van der Waals surface area contributed by atoms with E-state index in [2.05, 4.69) is 36.2 Å². The van der Waals surface area contributed by atoms with Crippen molar-refractivity contribution in [1.82, 2.24) is 9.80 Å². The van der Waals surface area contributed by atoms with Crippen molar-refractivity contribution in [3.63, 3.8) is 0 Å². The molecule has 1 aromatic carbocycles. The van der Waals surface area contributed by atoms with Crippen molar-refractivity contribution < 1.29 is 9.59 Å². The molecule has 1 heterocycles. The van der Waals surface area contributed by atoms with Gasteiger partial charge < -0.3 is 10.2 Å². The van der Waals surface area contributed by atoms with Crippen LogP contribution in [0.25, 0.3) is 0 Å². The van der Waals surface area contributed by atoms with E-state index in [1.54, 1.807) is 6.92 Å². The monoisotopic (exact) mass is 317 g/mol. The molecule has 5 nitrogen and oxygen atoms in total. The normalized spacial score (nSPS) is 17.2. The molecular weight excluding hydrogens is 290 g/mol. The van der Waals surface area contributed by atoms with Gasteiger partial charge in [-0.2, -0.15) is 0 Å². The highest BCUT2D eigenvalue weighted by molar-refractivity contribution is 5.94. The first-order chi connectivity index (χ1) is 10.9. The number of benzene rings is 1. The van der Waals surface area contributed by atoms with E-state index >= 15 is 0 Å². The summed E-state index contributed by atoms with van der Waals surface area (Å²) in [5, 5.41) is 2.98. The average molecular weight is 317 g/mol. The third-order valence-corrected chi connectivity index (χ3v) is 4.53. The molecule has 0 spiro atoms. The molecule has 2 amide bonds. The van der Waals surface area contributed by atoms with Crippen LogP contribution in [0, 0.1) is 0 Å². The van der Waals surface area contributed by atoms with Crippen molar-refractivity contribution in [2.24, 2.45) is 0 Å². The van der Waals surface area contributed by atoms with Gasteiger partial charge in [0.1, 0.15) is 0 Å². The van der Waals surface area contributed by atoms with E-state index in [0.29, 0.717) is 19.0 Å². The number of hydrogen-bond donors (Lipinski definition) is 1. The molecule has 23 heavy (non-hydrogen) atoms. The molecule has 1 N–H and O–H groups in total. The summed E-state index contributed by atoms with van der Waals surface area (Å²) in [5.74, 6) is 0.585. The van der Waals surface area contributed by atoms with Crippen LogP contribution in [0.5, 0.6) is 0 Å². The van der Waals surface area contributed by atoms with Gasteiger partial charge in [0.15, 0.2) is 0 Å². The van der Waals surface area contributed by atoms with Crippen LogP contribution in [0.2, 0.25) is 0 Å². The minimum Gasteiger partial charge on any atom is -0.340 e. The standard InChI is InChI=1S/C18H27N3O2/c1-13(2)16-5-7-17(8-6-16)19-18(23)14(3)20-9-11-21(12-10-20)15(4)22/h5-8,13-14H,9-12H2,1-4H3,(H,19,23)/t14-/m1/s1. The van der Waals surface area contributed by atoms with Crippen molar-refractivity contribution in [3.8, 4) is 0 Å². The fraction of sp³-hybridized carbons (Fsp3) is 0.556. The van der Waals surface area contributed by atoms with Gasteiger partial charge in [0.25, 0.3) is 0 Å². The summed E-state index contributed by atoms with van der Waals surface area (Å²) in [7, 11) is 0. The zero-order chi connectivity index (χ0) is 17.0. The van der Waals surface area contributed by atoms with Crippen molar-refractivity contribution in [2.75, 3.05) is 31.5 Å². The second kappa shape index (κ2) is 7.59. The fourth-order valence-corrected chi connectivity index (χ4v) is 2.79. The van der Waals surface area contributed by atoms with Crippen LogP contribution in [0.4, 0.5) is 5.69 Å². The van der Waals surface area contributed by atoms with Gasteiger partial charge >= 0.3 is 0 Å². The lowest BCUT2D eigenvalue weighted by Crippen LogP contribution is -2.53. The molecule has 2 rings (SSSR count). The lowest BCUT2D eigenvalue weighted by molar-refractivity contribution is -0.131.